The van der Waals surface area contributed by atoms with E-state index in [1.807, 2.05) is 38.3 Å². The lowest BCUT2D eigenvalue weighted by Crippen LogP contribution is -2.24. The minimum atomic E-state index is -3.62. The van der Waals surface area contributed by atoms with E-state index in [2.05, 4.69) is 15.1 Å². The number of alkyl halides is 1. The molecule has 0 N–H and O–H groups in total. The average Bonchev–Trinajstić information content (AvgIpc) is 3.05. The molecular weight excluding hydrogens is 423 g/mol. The van der Waals surface area contributed by atoms with Gasteiger partial charge in [0.25, 0.3) is 5.16 Å². The van der Waals surface area contributed by atoms with Gasteiger partial charge in [0.15, 0.2) is 0 Å². The van der Waals surface area contributed by atoms with Crippen LogP contribution < -0.4 is 4.74 Å². The van der Waals surface area contributed by atoms with Crippen molar-refractivity contribution in [3.8, 4) is 5.88 Å². The maximum atomic E-state index is 11.8. The molecule has 7 nitrogen and oxygen atoms in total. The van der Waals surface area contributed by atoms with E-state index in [1.54, 1.807) is 4.68 Å². The summed E-state index contributed by atoms with van der Waals surface area (Å²) in [5.41, 5.74) is 2.71. The summed E-state index contributed by atoms with van der Waals surface area (Å²) in [5, 5.41) is 3.96. The molecule has 28 heavy (non-hydrogen) atoms. The van der Waals surface area contributed by atoms with Crippen molar-refractivity contribution in [2.75, 3.05) is 6.26 Å². The monoisotopic (exact) mass is 442 g/mol. The standard InChI is InChI=1S/C18H20Cl2N4O3S/c1-4-15(27-17-10-16(20)21-18(22-17)28(3,25)26)13-6-5-12(19)9-14(13)24-8-7-11(2)23-24/h5-8,10,12,15H,4,9H2,1-3H3. The first-order chi connectivity index (χ1) is 13.2. The molecule has 3 rings (SSSR count). The Morgan fingerprint density at radius 2 is 2.14 bits per heavy atom. The molecule has 0 bridgehead atoms. The van der Waals surface area contributed by atoms with Crippen LogP contribution in [0.25, 0.3) is 5.70 Å². The van der Waals surface area contributed by atoms with Crippen molar-refractivity contribution in [2.24, 2.45) is 0 Å². The first-order valence-corrected chi connectivity index (χ1v) is 11.4. The summed E-state index contributed by atoms with van der Waals surface area (Å²) in [6.45, 7) is 3.88. The van der Waals surface area contributed by atoms with E-state index in [0.717, 1.165) is 23.2 Å². The third-order valence-electron chi connectivity index (χ3n) is 4.17. The van der Waals surface area contributed by atoms with Gasteiger partial charge in [0.05, 0.1) is 16.8 Å². The maximum Gasteiger partial charge on any atom is 0.251 e. The lowest BCUT2D eigenvalue weighted by molar-refractivity contribution is 0.224. The van der Waals surface area contributed by atoms with Crippen LogP contribution in [0.15, 0.2) is 41.2 Å². The number of allylic oxidation sites excluding steroid dienone is 2. The molecule has 0 aliphatic heterocycles. The van der Waals surface area contributed by atoms with Crippen molar-refractivity contribution in [3.63, 3.8) is 0 Å². The van der Waals surface area contributed by atoms with Crippen LogP contribution in [0.5, 0.6) is 5.88 Å². The lowest BCUT2D eigenvalue weighted by atomic mass is 9.97. The summed E-state index contributed by atoms with van der Waals surface area (Å²) >= 11 is 12.3. The SMILES string of the molecule is CCC(Oc1cc(Cl)nc(S(C)(=O)=O)n1)C1=C(n2ccc(C)n2)CC(Cl)C=C1. The van der Waals surface area contributed by atoms with Crippen LogP contribution in [-0.4, -0.2) is 45.9 Å². The van der Waals surface area contributed by atoms with Gasteiger partial charge in [-0.05, 0) is 19.4 Å². The van der Waals surface area contributed by atoms with Crippen molar-refractivity contribution >= 4 is 38.7 Å². The molecule has 10 heteroatoms. The molecule has 2 aromatic rings. The molecule has 0 amide bonds. The van der Waals surface area contributed by atoms with Crippen LogP contribution in [0.1, 0.15) is 25.5 Å². The van der Waals surface area contributed by atoms with Crippen molar-refractivity contribution in [2.45, 2.75) is 43.3 Å². The Morgan fingerprint density at radius 3 is 2.75 bits per heavy atom. The molecule has 0 saturated heterocycles. The molecule has 0 fully saturated rings. The summed E-state index contributed by atoms with van der Waals surface area (Å²) in [7, 11) is -3.62. The van der Waals surface area contributed by atoms with Crippen LogP contribution in [-0.2, 0) is 9.84 Å². The van der Waals surface area contributed by atoms with Crippen LogP contribution in [0.3, 0.4) is 0 Å². The van der Waals surface area contributed by atoms with Gasteiger partial charge in [0.2, 0.25) is 15.7 Å². The van der Waals surface area contributed by atoms with Gasteiger partial charge in [0, 0.05) is 30.5 Å². The number of hydrogen-bond acceptors (Lipinski definition) is 6. The molecule has 0 spiro atoms. The number of rotatable bonds is 6. The second kappa shape index (κ2) is 8.23. The van der Waals surface area contributed by atoms with E-state index in [-0.39, 0.29) is 21.6 Å². The largest absolute Gasteiger partial charge is 0.469 e. The Hall–Kier alpha value is -1.90. The van der Waals surface area contributed by atoms with Crippen molar-refractivity contribution < 1.29 is 13.2 Å². The second-order valence-electron chi connectivity index (χ2n) is 6.48. The number of nitrogens with zero attached hydrogens (tertiary/aromatic N) is 4. The highest BCUT2D eigenvalue weighted by Gasteiger charge is 2.25. The van der Waals surface area contributed by atoms with Crippen LogP contribution in [0.4, 0.5) is 0 Å². The third-order valence-corrected chi connectivity index (χ3v) is 5.51. The van der Waals surface area contributed by atoms with Gasteiger partial charge in [-0.25, -0.2) is 18.1 Å². The molecular formula is C18H20Cl2N4O3S. The van der Waals surface area contributed by atoms with Crippen LogP contribution in [0, 0.1) is 6.92 Å². The molecule has 2 aromatic heterocycles. The Morgan fingerprint density at radius 1 is 1.39 bits per heavy atom. The molecule has 2 heterocycles. The predicted molar refractivity (Wildman–Crippen MR) is 108 cm³/mol. The number of halogens is 2. The molecule has 0 saturated carbocycles. The Labute approximate surface area is 174 Å². The number of aromatic nitrogens is 4. The highest BCUT2D eigenvalue weighted by Crippen LogP contribution is 2.31. The fraction of sp³-hybridized carbons (Fsp3) is 0.389. The topological polar surface area (TPSA) is 87.0 Å². The highest BCUT2D eigenvalue weighted by molar-refractivity contribution is 7.90. The van der Waals surface area contributed by atoms with E-state index in [0.29, 0.717) is 12.8 Å². The number of sulfone groups is 1. The smallest absolute Gasteiger partial charge is 0.251 e. The number of aryl methyl sites for hydroxylation is 1. The van der Waals surface area contributed by atoms with E-state index in [4.69, 9.17) is 27.9 Å². The summed E-state index contributed by atoms with van der Waals surface area (Å²) in [6, 6.07) is 3.31. The zero-order valence-corrected chi connectivity index (χ0v) is 18.0. The summed E-state index contributed by atoms with van der Waals surface area (Å²) < 4.78 is 31.4. The third kappa shape index (κ3) is 4.74. The fourth-order valence-electron chi connectivity index (χ4n) is 2.87. The first kappa shape index (κ1) is 20.8. The van der Waals surface area contributed by atoms with Crippen molar-refractivity contribution in [1.29, 1.82) is 0 Å². The lowest BCUT2D eigenvalue weighted by Gasteiger charge is -2.25. The Bertz CT molecular complexity index is 1050. The number of hydrogen-bond donors (Lipinski definition) is 0. The Kier molecular flexibility index (Phi) is 6.12. The molecule has 0 aromatic carbocycles. The van der Waals surface area contributed by atoms with Gasteiger partial charge in [-0.3, -0.25) is 0 Å². The summed E-state index contributed by atoms with van der Waals surface area (Å²) in [6.07, 6.45) is 7.53. The predicted octanol–water partition coefficient (Wildman–Crippen LogP) is 3.67. The van der Waals surface area contributed by atoms with Crippen LogP contribution >= 0.6 is 23.2 Å². The van der Waals surface area contributed by atoms with E-state index >= 15 is 0 Å². The summed E-state index contributed by atoms with van der Waals surface area (Å²) in [4.78, 5) is 7.76. The molecule has 2 unspecified atom stereocenters. The van der Waals surface area contributed by atoms with Gasteiger partial charge in [-0.1, -0.05) is 30.7 Å². The van der Waals surface area contributed by atoms with Crippen molar-refractivity contribution in [3.05, 3.63) is 46.9 Å². The second-order valence-corrected chi connectivity index (χ2v) is 9.34. The number of ether oxygens (including phenoxy) is 1. The van der Waals surface area contributed by atoms with E-state index < -0.39 is 15.9 Å². The van der Waals surface area contributed by atoms with Gasteiger partial charge in [0.1, 0.15) is 11.3 Å². The maximum absolute atomic E-state index is 11.8. The molecule has 0 radical (unpaired) electrons. The van der Waals surface area contributed by atoms with Gasteiger partial charge >= 0.3 is 0 Å². The molecule has 2 atom stereocenters. The van der Waals surface area contributed by atoms with Gasteiger partial charge in [-0.2, -0.15) is 10.1 Å². The summed E-state index contributed by atoms with van der Waals surface area (Å²) in [5.74, 6) is 0.0946. The fourth-order valence-corrected chi connectivity index (χ4v) is 3.84. The minimum absolute atomic E-state index is 0.00260. The van der Waals surface area contributed by atoms with E-state index in [9.17, 15) is 8.42 Å². The normalized spacial score (nSPS) is 18.4. The Balaban J connectivity index is 2.00. The highest BCUT2D eigenvalue weighted by atomic mass is 35.5. The quantitative estimate of drug-likeness (QED) is 0.385. The molecule has 1 aliphatic carbocycles. The molecule has 1 aliphatic rings. The first-order valence-electron chi connectivity index (χ1n) is 8.66. The zero-order chi connectivity index (χ0) is 20.5. The molecule has 150 valence electrons. The van der Waals surface area contributed by atoms with Gasteiger partial charge in [-0.15, -0.1) is 11.6 Å². The van der Waals surface area contributed by atoms with Gasteiger partial charge < -0.3 is 4.74 Å². The zero-order valence-electron chi connectivity index (χ0n) is 15.6. The average molecular weight is 443 g/mol. The minimum Gasteiger partial charge on any atom is -0.469 e. The van der Waals surface area contributed by atoms with E-state index in [1.165, 1.54) is 6.07 Å². The van der Waals surface area contributed by atoms with Crippen molar-refractivity contribution in [1.82, 2.24) is 19.7 Å². The van der Waals surface area contributed by atoms with Crippen LogP contribution in [0.2, 0.25) is 5.15 Å².